The van der Waals surface area contributed by atoms with Crippen LogP contribution in [0.1, 0.15) is 46.5 Å². The molecule has 1 amide bonds. The zero-order valence-electron chi connectivity index (χ0n) is 12.7. The summed E-state index contributed by atoms with van der Waals surface area (Å²) in [6.07, 6.45) is 3.81. The molecule has 0 aliphatic carbocycles. The zero-order chi connectivity index (χ0) is 14.5. The fourth-order valence-corrected chi connectivity index (χ4v) is 2.95. The van der Waals surface area contributed by atoms with Gasteiger partial charge in [0.05, 0.1) is 5.92 Å². The first-order valence-electron chi connectivity index (χ1n) is 7.47. The maximum Gasteiger partial charge on any atom is 0.226 e. The van der Waals surface area contributed by atoms with Gasteiger partial charge in [-0.05, 0) is 37.0 Å². The predicted molar refractivity (Wildman–Crippen MR) is 77.6 cm³/mol. The summed E-state index contributed by atoms with van der Waals surface area (Å²) < 4.78 is 0. The van der Waals surface area contributed by atoms with Crippen LogP contribution in [0.2, 0.25) is 0 Å². The van der Waals surface area contributed by atoms with E-state index in [1.54, 1.807) is 0 Å². The molecular weight excluding hydrogens is 240 g/mol. The Hall–Kier alpha value is -0.610. The zero-order valence-corrected chi connectivity index (χ0v) is 12.7. The number of aliphatic hydroxyl groups is 1. The molecule has 112 valence electrons. The monoisotopic (exact) mass is 270 g/mol. The lowest BCUT2D eigenvalue weighted by Gasteiger charge is -2.36. The second-order valence-electron chi connectivity index (χ2n) is 7.00. The Morgan fingerprint density at radius 1 is 1.47 bits per heavy atom. The number of piperidine rings is 1. The molecule has 19 heavy (non-hydrogen) atoms. The maximum absolute atomic E-state index is 12.5. The molecule has 1 saturated heterocycles. The van der Waals surface area contributed by atoms with Gasteiger partial charge < -0.3 is 15.7 Å². The van der Waals surface area contributed by atoms with Gasteiger partial charge in [-0.15, -0.1) is 0 Å². The minimum Gasteiger partial charge on any atom is -0.396 e. The van der Waals surface area contributed by atoms with E-state index in [4.69, 9.17) is 10.8 Å². The van der Waals surface area contributed by atoms with Gasteiger partial charge in [-0.2, -0.15) is 0 Å². The Morgan fingerprint density at radius 3 is 2.68 bits per heavy atom. The first kappa shape index (κ1) is 16.4. The van der Waals surface area contributed by atoms with Crippen LogP contribution in [0.4, 0.5) is 0 Å². The molecule has 1 fully saturated rings. The molecule has 0 aromatic carbocycles. The van der Waals surface area contributed by atoms with Crippen LogP contribution in [0.15, 0.2) is 0 Å². The molecule has 2 atom stereocenters. The van der Waals surface area contributed by atoms with Crippen molar-refractivity contribution in [3.05, 3.63) is 0 Å². The molecule has 0 spiro atoms. The molecule has 1 aliphatic heterocycles. The molecule has 1 aliphatic rings. The molecule has 4 heteroatoms. The van der Waals surface area contributed by atoms with Crippen molar-refractivity contribution in [2.75, 3.05) is 26.2 Å². The number of hydrogen-bond donors (Lipinski definition) is 2. The lowest BCUT2D eigenvalue weighted by molar-refractivity contribution is -0.138. The maximum atomic E-state index is 12.5. The summed E-state index contributed by atoms with van der Waals surface area (Å²) in [5.74, 6) is 0.601. The molecule has 1 heterocycles. The number of aliphatic hydroxyl groups excluding tert-OH is 1. The lowest BCUT2D eigenvalue weighted by atomic mass is 9.83. The number of rotatable bonds is 5. The summed E-state index contributed by atoms with van der Waals surface area (Å²) in [5, 5.41) is 9.03. The van der Waals surface area contributed by atoms with Crippen molar-refractivity contribution >= 4 is 5.91 Å². The van der Waals surface area contributed by atoms with Crippen molar-refractivity contribution in [3.8, 4) is 0 Å². The van der Waals surface area contributed by atoms with Gasteiger partial charge in [0.15, 0.2) is 0 Å². The summed E-state index contributed by atoms with van der Waals surface area (Å²) in [7, 11) is 0. The molecule has 2 unspecified atom stereocenters. The molecule has 0 radical (unpaired) electrons. The number of amides is 1. The standard InChI is InChI=1S/C15H30N2O2/c1-15(2,3)9-13(10-16)14(19)17-7-4-5-12(11-17)6-8-18/h12-13,18H,4-11,16H2,1-3H3. The largest absolute Gasteiger partial charge is 0.396 e. The molecule has 0 aromatic heterocycles. The Labute approximate surface area is 117 Å². The number of nitrogens with zero attached hydrogens (tertiary/aromatic N) is 1. The third-order valence-corrected chi connectivity index (χ3v) is 3.86. The van der Waals surface area contributed by atoms with E-state index in [9.17, 15) is 4.79 Å². The van der Waals surface area contributed by atoms with Gasteiger partial charge >= 0.3 is 0 Å². The molecule has 4 nitrogen and oxygen atoms in total. The van der Waals surface area contributed by atoms with Gasteiger partial charge in [-0.25, -0.2) is 0 Å². The number of likely N-dealkylation sites (tertiary alicyclic amines) is 1. The van der Waals surface area contributed by atoms with Crippen LogP contribution in [0, 0.1) is 17.3 Å². The highest BCUT2D eigenvalue weighted by Crippen LogP contribution is 2.27. The number of nitrogens with two attached hydrogens (primary N) is 1. The highest BCUT2D eigenvalue weighted by atomic mass is 16.3. The van der Waals surface area contributed by atoms with E-state index < -0.39 is 0 Å². The Bertz CT molecular complexity index is 284. The third-order valence-electron chi connectivity index (χ3n) is 3.86. The van der Waals surface area contributed by atoms with Crippen LogP contribution < -0.4 is 5.73 Å². The van der Waals surface area contributed by atoms with Crippen molar-refractivity contribution < 1.29 is 9.90 Å². The Kier molecular flexibility index (Phi) is 6.27. The van der Waals surface area contributed by atoms with E-state index in [-0.39, 0.29) is 23.8 Å². The van der Waals surface area contributed by atoms with E-state index in [0.717, 1.165) is 38.8 Å². The average molecular weight is 270 g/mol. The van der Waals surface area contributed by atoms with Gasteiger partial charge in [-0.1, -0.05) is 20.8 Å². The van der Waals surface area contributed by atoms with Gasteiger partial charge in [0, 0.05) is 26.2 Å². The molecular formula is C15H30N2O2. The van der Waals surface area contributed by atoms with Gasteiger partial charge in [0.25, 0.3) is 0 Å². The molecule has 3 N–H and O–H groups in total. The topological polar surface area (TPSA) is 66.6 Å². The fourth-order valence-electron chi connectivity index (χ4n) is 2.95. The van der Waals surface area contributed by atoms with Crippen LogP contribution in [0.3, 0.4) is 0 Å². The smallest absolute Gasteiger partial charge is 0.226 e. The lowest BCUT2D eigenvalue weighted by Crippen LogP contribution is -2.45. The first-order valence-corrected chi connectivity index (χ1v) is 7.47. The molecule has 0 aromatic rings. The summed E-state index contributed by atoms with van der Waals surface area (Å²) >= 11 is 0. The van der Waals surface area contributed by atoms with E-state index in [2.05, 4.69) is 20.8 Å². The number of carbonyl (C=O) groups is 1. The van der Waals surface area contributed by atoms with Gasteiger partial charge in [0.1, 0.15) is 0 Å². The normalized spacial score (nSPS) is 22.4. The van der Waals surface area contributed by atoms with Crippen molar-refractivity contribution in [2.45, 2.75) is 46.5 Å². The molecule has 1 rings (SSSR count). The van der Waals surface area contributed by atoms with Crippen LogP contribution in [-0.2, 0) is 4.79 Å². The number of hydrogen-bond acceptors (Lipinski definition) is 3. The molecule has 0 saturated carbocycles. The minimum atomic E-state index is -0.0622. The van der Waals surface area contributed by atoms with E-state index in [1.807, 2.05) is 4.90 Å². The van der Waals surface area contributed by atoms with E-state index in [0.29, 0.717) is 12.5 Å². The SMILES string of the molecule is CC(C)(C)CC(CN)C(=O)N1CCCC(CCO)C1. The highest BCUT2D eigenvalue weighted by Gasteiger charge is 2.30. The number of carbonyl (C=O) groups excluding carboxylic acids is 1. The van der Waals surface area contributed by atoms with Crippen molar-refractivity contribution in [2.24, 2.45) is 23.0 Å². The summed E-state index contributed by atoms with van der Waals surface area (Å²) in [6.45, 7) is 8.73. The second-order valence-corrected chi connectivity index (χ2v) is 7.00. The predicted octanol–water partition coefficient (Wildman–Crippen LogP) is 1.62. The highest BCUT2D eigenvalue weighted by molar-refractivity contribution is 5.79. The first-order chi connectivity index (χ1) is 8.87. The quantitative estimate of drug-likeness (QED) is 0.798. The summed E-state index contributed by atoms with van der Waals surface area (Å²) in [6, 6.07) is 0. The van der Waals surface area contributed by atoms with Crippen LogP contribution in [-0.4, -0.2) is 42.2 Å². The van der Waals surface area contributed by atoms with Crippen molar-refractivity contribution in [1.82, 2.24) is 4.90 Å². The van der Waals surface area contributed by atoms with Crippen molar-refractivity contribution in [3.63, 3.8) is 0 Å². The Balaban J connectivity index is 2.59. The summed E-state index contributed by atoms with van der Waals surface area (Å²) in [4.78, 5) is 14.5. The molecule has 0 bridgehead atoms. The van der Waals surface area contributed by atoms with Crippen LogP contribution in [0.5, 0.6) is 0 Å². The van der Waals surface area contributed by atoms with Crippen molar-refractivity contribution in [1.29, 1.82) is 0 Å². The van der Waals surface area contributed by atoms with Crippen LogP contribution in [0.25, 0.3) is 0 Å². The fraction of sp³-hybridized carbons (Fsp3) is 0.933. The van der Waals surface area contributed by atoms with Gasteiger partial charge in [0.2, 0.25) is 5.91 Å². The summed E-state index contributed by atoms with van der Waals surface area (Å²) in [5.41, 5.74) is 5.92. The van der Waals surface area contributed by atoms with E-state index >= 15 is 0 Å². The van der Waals surface area contributed by atoms with Gasteiger partial charge in [-0.3, -0.25) is 4.79 Å². The van der Waals surface area contributed by atoms with Crippen LogP contribution >= 0.6 is 0 Å². The van der Waals surface area contributed by atoms with E-state index in [1.165, 1.54) is 0 Å². The average Bonchev–Trinajstić information content (AvgIpc) is 2.35. The second kappa shape index (κ2) is 7.25. The third kappa shape index (κ3) is 5.49. The minimum absolute atomic E-state index is 0.0622. The Morgan fingerprint density at radius 2 is 2.16 bits per heavy atom.